The van der Waals surface area contributed by atoms with Crippen LogP contribution in [0.4, 0.5) is 0 Å². The molecule has 4 nitrogen and oxygen atoms in total. The Kier molecular flexibility index (Phi) is 11.0. The van der Waals surface area contributed by atoms with Crippen molar-refractivity contribution in [1.82, 2.24) is 4.90 Å². The van der Waals surface area contributed by atoms with Gasteiger partial charge in [-0.15, -0.1) is 0 Å². The second kappa shape index (κ2) is 15.8. The zero-order valence-electron chi connectivity index (χ0n) is 24.3. The summed E-state index contributed by atoms with van der Waals surface area (Å²) >= 11 is 0. The minimum absolute atomic E-state index is 0.124. The molecule has 0 fully saturated rings. The van der Waals surface area contributed by atoms with Crippen LogP contribution in [-0.4, -0.2) is 29.8 Å². The predicted molar refractivity (Wildman–Crippen MR) is 172 cm³/mol. The van der Waals surface area contributed by atoms with E-state index in [1.54, 1.807) is 0 Å². The van der Waals surface area contributed by atoms with E-state index >= 15 is 0 Å². The summed E-state index contributed by atoms with van der Waals surface area (Å²) in [6, 6.07) is 42.1. The van der Waals surface area contributed by atoms with Gasteiger partial charge in [0, 0.05) is 19.6 Å². The zero-order chi connectivity index (χ0) is 28.8. The summed E-state index contributed by atoms with van der Waals surface area (Å²) in [6.45, 7) is 3.57. The van der Waals surface area contributed by atoms with Gasteiger partial charge in [-0.25, -0.2) is 0 Å². The molecule has 42 heavy (non-hydrogen) atoms. The number of benzene rings is 5. The van der Waals surface area contributed by atoms with Crippen LogP contribution in [0.25, 0.3) is 10.8 Å². The fraction of sp³-hybridized carbons (Fsp3) is 0.263. The number of unbranched alkanes of at least 4 members (excludes halogenated alkanes) is 2. The van der Waals surface area contributed by atoms with Crippen LogP contribution < -0.4 is 9.47 Å². The molecule has 1 N–H and O–H groups in total. The monoisotopic (exact) mass is 559 g/mol. The molecule has 0 aliphatic heterocycles. The second-order valence-corrected chi connectivity index (χ2v) is 10.8. The molecule has 0 bridgehead atoms. The van der Waals surface area contributed by atoms with Crippen molar-refractivity contribution in [3.63, 3.8) is 0 Å². The van der Waals surface area contributed by atoms with Crippen LogP contribution in [-0.2, 0) is 26.1 Å². The highest BCUT2D eigenvalue weighted by Gasteiger charge is 2.09. The van der Waals surface area contributed by atoms with E-state index in [4.69, 9.17) is 9.47 Å². The summed E-state index contributed by atoms with van der Waals surface area (Å²) in [5, 5.41) is 12.1. The lowest BCUT2D eigenvalue weighted by Crippen LogP contribution is -2.26. The predicted octanol–water partition coefficient (Wildman–Crippen LogP) is 8.21. The first-order chi connectivity index (χ1) is 20.7. The van der Waals surface area contributed by atoms with E-state index in [9.17, 15) is 5.11 Å². The van der Waals surface area contributed by atoms with Crippen molar-refractivity contribution >= 4 is 10.8 Å². The quantitative estimate of drug-likeness (QED) is 0.124. The first kappa shape index (κ1) is 29.4. The smallest absolute Gasteiger partial charge is 0.119 e. The molecule has 0 aliphatic rings. The largest absolute Gasteiger partial charge is 0.494 e. The summed E-state index contributed by atoms with van der Waals surface area (Å²) in [5.41, 5.74) is 4.98. The number of aliphatic hydroxyl groups excluding tert-OH is 1. The maximum absolute atomic E-state index is 9.71. The molecule has 0 heterocycles. The Hall–Kier alpha value is -4.12. The van der Waals surface area contributed by atoms with Gasteiger partial charge in [0.05, 0.1) is 13.2 Å². The van der Waals surface area contributed by atoms with Gasteiger partial charge in [-0.1, -0.05) is 91.0 Å². The first-order valence-corrected chi connectivity index (χ1v) is 15.0. The van der Waals surface area contributed by atoms with Gasteiger partial charge in [0.15, 0.2) is 0 Å². The lowest BCUT2D eigenvalue weighted by molar-refractivity contribution is 0.184. The number of rotatable bonds is 16. The minimum Gasteiger partial charge on any atom is -0.494 e. The average molecular weight is 560 g/mol. The lowest BCUT2D eigenvalue weighted by atomic mass is 10.1. The first-order valence-electron chi connectivity index (χ1n) is 15.0. The van der Waals surface area contributed by atoms with Crippen LogP contribution in [0, 0.1) is 0 Å². The van der Waals surface area contributed by atoms with Gasteiger partial charge in [-0.2, -0.15) is 0 Å². The molecule has 5 aromatic carbocycles. The van der Waals surface area contributed by atoms with Crippen LogP contribution in [0.2, 0.25) is 0 Å². The van der Waals surface area contributed by atoms with Crippen LogP contribution in [0.5, 0.6) is 11.5 Å². The zero-order valence-corrected chi connectivity index (χ0v) is 24.3. The number of hydrogen-bond acceptors (Lipinski definition) is 4. The topological polar surface area (TPSA) is 41.9 Å². The number of fused-ring (bicyclic) bond motifs is 1. The van der Waals surface area contributed by atoms with Crippen molar-refractivity contribution in [2.45, 2.75) is 45.4 Å². The summed E-state index contributed by atoms with van der Waals surface area (Å²) < 4.78 is 12.0. The molecule has 0 spiro atoms. The molecular weight excluding hydrogens is 518 g/mol. The Morgan fingerprint density at radius 1 is 0.524 bits per heavy atom. The second-order valence-electron chi connectivity index (χ2n) is 10.8. The third kappa shape index (κ3) is 9.20. The molecular formula is C38H41NO3. The fourth-order valence-electron chi connectivity index (χ4n) is 5.21. The van der Waals surface area contributed by atoms with Crippen molar-refractivity contribution in [3.8, 4) is 11.5 Å². The molecule has 0 saturated heterocycles. The summed E-state index contributed by atoms with van der Waals surface area (Å²) in [5.74, 6) is 1.79. The van der Waals surface area contributed by atoms with Gasteiger partial charge in [0.2, 0.25) is 0 Å². The maximum Gasteiger partial charge on any atom is 0.119 e. The van der Waals surface area contributed by atoms with Gasteiger partial charge in [-0.05, 0) is 89.0 Å². The van der Waals surface area contributed by atoms with Crippen LogP contribution in [0.1, 0.15) is 41.5 Å². The number of nitrogens with zero attached hydrogens (tertiary/aromatic N) is 1. The third-order valence-corrected chi connectivity index (χ3v) is 7.50. The molecule has 0 unspecified atom stereocenters. The Morgan fingerprint density at radius 3 is 1.93 bits per heavy atom. The minimum atomic E-state index is 0.124. The molecule has 216 valence electrons. The van der Waals surface area contributed by atoms with Gasteiger partial charge < -0.3 is 14.6 Å². The highest BCUT2D eigenvalue weighted by Crippen LogP contribution is 2.24. The molecule has 0 atom stereocenters. The van der Waals surface area contributed by atoms with E-state index in [0.29, 0.717) is 13.2 Å². The molecule has 4 heteroatoms. The Balaban J connectivity index is 1.09. The molecule has 5 rings (SSSR count). The summed E-state index contributed by atoms with van der Waals surface area (Å²) in [7, 11) is 0. The molecule has 5 aromatic rings. The summed E-state index contributed by atoms with van der Waals surface area (Å²) in [6.07, 6.45) is 4.55. The Bertz CT molecular complexity index is 1490. The van der Waals surface area contributed by atoms with E-state index in [-0.39, 0.29) is 6.61 Å². The molecule has 0 radical (unpaired) electrons. The van der Waals surface area contributed by atoms with Crippen LogP contribution >= 0.6 is 0 Å². The van der Waals surface area contributed by atoms with Gasteiger partial charge in [-0.3, -0.25) is 4.90 Å². The fourth-order valence-corrected chi connectivity index (χ4v) is 5.21. The third-order valence-electron chi connectivity index (χ3n) is 7.50. The molecule has 0 amide bonds. The average Bonchev–Trinajstić information content (AvgIpc) is 3.03. The van der Waals surface area contributed by atoms with Crippen molar-refractivity contribution in [1.29, 1.82) is 0 Å². The van der Waals surface area contributed by atoms with E-state index in [1.807, 2.05) is 30.3 Å². The SMILES string of the molecule is OCCN(Cc1ccc(OCc2ccccc2)cc1)Cc1ccc2cc(OCCCCCc3ccccc3)ccc2c1. The molecule has 0 aliphatic carbocycles. The number of hydrogen-bond donors (Lipinski definition) is 1. The van der Waals surface area contributed by atoms with Crippen molar-refractivity contribution < 1.29 is 14.6 Å². The van der Waals surface area contributed by atoms with E-state index in [2.05, 4.69) is 95.9 Å². The lowest BCUT2D eigenvalue weighted by Gasteiger charge is -2.22. The van der Waals surface area contributed by atoms with Crippen LogP contribution in [0.3, 0.4) is 0 Å². The summed E-state index contributed by atoms with van der Waals surface area (Å²) in [4.78, 5) is 2.27. The van der Waals surface area contributed by atoms with E-state index in [0.717, 1.165) is 49.6 Å². The highest BCUT2D eigenvalue weighted by atomic mass is 16.5. The van der Waals surface area contributed by atoms with Gasteiger partial charge in [0.25, 0.3) is 0 Å². The van der Waals surface area contributed by atoms with Crippen molar-refractivity contribution in [2.24, 2.45) is 0 Å². The van der Waals surface area contributed by atoms with Crippen molar-refractivity contribution in [3.05, 3.63) is 144 Å². The van der Waals surface area contributed by atoms with E-state index in [1.165, 1.54) is 40.3 Å². The van der Waals surface area contributed by atoms with Crippen LogP contribution in [0.15, 0.2) is 121 Å². The Morgan fingerprint density at radius 2 is 1.17 bits per heavy atom. The number of ether oxygens (including phenoxy) is 2. The standard InChI is InChI=1S/C38H41NO3/c40-24-23-39(28-32-16-20-37(21-17-32)42-30-33-13-6-2-7-14-33)29-34-15-18-36-27-38(22-19-35(36)26-34)41-25-9-3-8-12-31-10-4-1-5-11-31/h1-2,4-7,10-11,13-22,26-27,40H,3,8-9,12,23-25,28-30H2. The maximum atomic E-state index is 9.71. The van der Waals surface area contributed by atoms with Gasteiger partial charge in [0.1, 0.15) is 18.1 Å². The number of aliphatic hydroxyl groups is 1. The molecule has 0 saturated carbocycles. The Labute approximate surface area is 250 Å². The normalized spacial score (nSPS) is 11.2. The highest BCUT2D eigenvalue weighted by molar-refractivity contribution is 5.84. The molecule has 0 aromatic heterocycles. The van der Waals surface area contributed by atoms with Gasteiger partial charge >= 0.3 is 0 Å². The van der Waals surface area contributed by atoms with E-state index < -0.39 is 0 Å². The van der Waals surface area contributed by atoms with Crippen molar-refractivity contribution in [2.75, 3.05) is 19.8 Å². The number of aryl methyl sites for hydroxylation is 1.